The first kappa shape index (κ1) is 21.2. The zero-order valence-electron chi connectivity index (χ0n) is 15.4. The first-order chi connectivity index (χ1) is 12.8. The summed E-state index contributed by atoms with van der Waals surface area (Å²) < 4.78 is 0. The van der Waals surface area contributed by atoms with Crippen LogP contribution in [0.2, 0.25) is 5.02 Å². The van der Waals surface area contributed by atoms with E-state index >= 15 is 0 Å². The minimum absolute atomic E-state index is 0. The smallest absolute Gasteiger partial charge is 0.148 e. The summed E-state index contributed by atoms with van der Waals surface area (Å²) in [5, 5.41) is 8.59. The number of benzene rings is 2. The van der Waals surface area contributed by atoms with E-state index in [2.05, 4.69) is 58.0 Å². The van der Waals surface area contributed by atoms with E-state index in [9.17, 15) is 0 Å². The second-order valence-electron chi connectivity index (χ2n) is 7.03. The SMILES string of the molecule is Cl.Cl.Clc1cc2cc(-c3ccc4c(c3)CNC4)ccc2nc1N1CCNCC1. The van der Waals surface area contributed by atoms with Crippen molar-refractivity contribution in [1.29, 1.82) is 0 Å². The second kappa shape index (κ2) is 8.85. The van der Waals surface area contributed by atoms with Crippen LogP contribution >= 0.6 is 36.4 Å². The van der Waals surface area contributed by atoms with Crippen molar-refractivity contribution in [2.24, 2.45) is 0 Å². The van der Waals surface area contributed by atoms with Gasteiger partial charge in [0.25, 0.3) is 0 Å². The Hall–Kier alpha value is -1.56. The maximum absolute atomic E-state index is 6.58. The molecule has 0 amide bonds. The van der Waals surface area contributed by atoms with Crippen molar-refractivity contribution in [3.8, 4) is 11.1 Å². The van der Waals surface area contributed by atoms with Crippen molar-refractivity contribution in [3.05, 3.63) is 58.6 Å². The van der Waals surface area contributed by atoms with Crippen LogP contribution in [-0.2, 0) is 13.1 Å². The van der Waals surface area contributed by atoms with Gasteiger partial charge in [-0.15, -0.1) is 24.8 Å². The van der Waals surface area contributed by atoms with E-state index in [1.807, 2.05) is 0 Å². The molecule has 0 radical (unpaired) electrons. The number of aromatic nitrogens is 1. The van der Waals surface area contributed by atoms with E-state index in [-0.39, 0.29) is 24.8 Å². The Labute approximate surface area is 182 Å². The number of hydrogen-bond acceptors (Lipinski definition) is 4. The molecule has 3 aromatic rings. The molecule has 0 unspecified atom stereocenters. The number of rotatable bonds is 2. The van der Waals surface area contributed by atoms with Crippen LogP contribution in [0.25, 0.3) is 22.0 Å². The Morgan fingerprint density at radius 3 is 2.36 bits per heavy atom. The van der Waals surface area contributed by atoms with Crippen LogP contribution in [0.3, 0.4) is 0 Å². The Bertz CT molecular complexity index is 987. The van der Waals surface area contributed by atoms with Gasteiger partial charge >= 0.3 is 0 Å². The number of anilines is 1. The minimum atomic E-state index is 0. The summed E-state index contributed by atoms with van der Waals surface area (Å²) in [6.07, 6.45) is 0. The molecule has 5 rings (SSSR count). The molecule has 0 spiro atoms. The third kappa shape index (κ3) is 3.93. The number of halogens is 3. The third-order valence-corrected chi connectivity index (χ3v) is 5.61. The molecule has 0 saturated carbocycles. The van der Waals surface area contributed by atoms with Gasteiger partial charge in [-0.1, -0.05) is 29.8 Å². The van der Waals surface area contributed by atoms with Crippen LogP contribution in [0, 0.1) is 0 Å². The highest BCUT2D eigenvalue weighted by Crippen LogP contribution is 2.32. The topological polar surface area (TPSA) is 40.2 Å². The Morgan fingerprint density at radius 2 is 1.54 bits per heavy atom. The zero-order valence-corrected chi connectivity index (χ0v) is 17.8. The summed E-state index contributed by atoms with van der Waals surface area (Å²) in [4.78, 5) is 7.11. The number of fused-ring (bicyclic) bond motifs is 2. The highest BCUT2D eigenvalue weighted by Gasteiger charge is 2.16. The number of nitrogens with one attached hydrogen (secondary N) is 2. The van der Waals surface area contributed by atoms with Gasteiger partial charge in [0.05, 0.1) is 10.5 Å². The minimum Gasteiger partial charge on any atom is -0.353 e. The van der Waals surface area contributed by atoms with Crippen molar-refractivity contribution in [3.63, 3.8) is 0 Å². The van der Waals surface area contributed by atoms with Crippen molar-refractivity contribution >= 4 is 53.1 Å². The van der Waals surface area contributed by atoms with Crippen molar-refractivity contribution in [2.75, 3.05) is 31.1 Å². The summed E-state index contributed by atoms with van der Waals surface area (Å²) in [6, 6.07) is 15.2. The molecule has 2 N–H and O–H groups in total. The van der Waals surface area contributed by atoms with E-state index < -0.39 is 0 Å². The molecular weight excluding hydrogens is 415 g/mol. The second-order valence-corrected chi connectivity index (χ2v) is 7.43. The third-order valence-electron chi connectivity index (χ3n) is 5.34. The molecule has 3 heterocycles. The van der Waals surface area contributed by atoms with Gasteiger partial charge in [-0.25, -0.2) is 4.98 Å². The summed E-state index contributed by atoms with van der Waals surface area (Å²) >= 11 is 6.58. The van der Waals surface area contributed by atoms with Crippen LogP contribution in [0.15, 0.2) is 42.5 Å². The summed E-state index contributed by atoms with van der Waals surface area (Å²) in [6.45, 7) is 5.77. The van der Waals surface area contributed by atoms with Crippen LogP contribution in [0.5, 0.6) is 0 Å². The predicted molar refractivity (Wildman–Crippen MR) is 122 cm³/mol. The van der Waals surface area contributed by atoms with Crippen molar-refractivity contribution in [1.82, 2.24) is 15.6 Å². The van der Waals surface area contributed by atoms with E-state index in [4.69, 9.17) is 16.6 Å². The summed E-state index contributed by atoms with van der Waals surface area (Å²) in [5.41, 5.74) is 6.25. The maximum Gasteiger partial charge on any atom is 0.148 e. The van der Waals surface area contributed by atoms with E-state index in [1.165, 1.54) is 22.3 Å². The molecular formula is C21H23Cl3N4. The zero-order chi connectivity index (χ0) is 17.5. The normalized spacial score (nSPS) is 15.7. The highest BCUT2D eigenvalue weighted by molar-refractivity contribution is 6.33. The van der Waals surface area contributed by atoms with Crippen LogP contribution in [0.1, 0.15) is 11.1 Å². The molecule has 7 heteroatoms. The number of nitrogens with zero attached hydrogens (tertiary/aromatic N) is 2. The number of pyridine rings is 1. The maximum atomic E-state index is 6.58. The van der Waals surface area contributed by atoms with Gasteiger partial charge in [0.15, 0.2) is 0 Å². The van der Waals surface area contributed by atoms with E-state index in [0.29, 0.717) is 0 Å². The van der Waals surface area contributed by atoms with Gasteiger partial charge in [-0.2, -0.15) is 0 Å². The fraction of sp³-hybridized carbons (Fsp3) is 0.286. The molecule has 0 bridgehead atoms. The lowest BCUT2D eigenvalue weighted by Gasteiger charge is -2.29. The van der Waals surface area contributed by atoms with Crippen molar-refractivity contribution in [2.45, 2.75) is 13.1 Å². The van der Waals surface area contributed by atoms with Gasteiger partial charge in [0.1, 0.15) is 5.82 Å². The van der Waals surface area contributed by atoms with Gasteiger partial charge in [-0.3, -0.25) is 0 Å². The molecule has 1 fully saturated rings. The van der Waals surface area contributed by atoms with Crippen LogP contribution in [0.4, 0.5) is 5.82 Å². The first-order valence-electron chi connectivity index (χ1n) is 9.17. The van der Waals surface area contributed by atoms with Gasteiger partial charge < -0.3 is 15.5 Å². The van der Waals surface area contributed by atoms with Gasteiger partial charge in [0.2, 0.25) is 0 Å². The molecule has 0 atom stereocenters. The van der Waals surface area contributed by atoms with Gasteiger partial charge in [0, 0.05) is 44.7 Å². The predicted octanol–water partition coefficient (Wildman–Crippen LogP) is 4.41. The Kier molecular flexibility index (Phi) is 6.69. The number of hydrogen-bond donors (Lipinski definition) is 2. The van der Waals surface area contributed by atoms with Gasteiger partial charge in [-0.05, 0) is 46.5 Å². The lowest BCUT2D eigenvalue weighted by molar-refractivity contribution is 0.585. The fourth-order valence-electron chi connectivity index (χ4n) is 3.89. The molecule has 148 valence electrons. The largest absolute Gasteiger partial charge is 0.353 e. The van der Waals surface area contributed by atoms with Crippen LogP contribution in [-0.4, -0.2) is 31.2 Å². The molecule has 2 aliphatic rings. The standard InChI is InChI=1S/C21H21ClN4.2ClH/c22-19-11-17-9-15(14-1-2-16-12-24-13-18(16)10-14)3-4-20(17)25-21(19)26-7-5-23-6-8-26;;/h1-4,9-11,23-24H,5-8,12-13H2;2*1H. The molecule has 2 aromatic carbocycles. The van der Waals surface area contributed by atoms with Crippen molar-refractivity contribution < 1.29 is 0 Å². The molecule has 4 nitrogen and oxygen atoms in total. The Morgan fingerprint density at radius 1 is 0.821 bits per heavy atom. The van der Waals surface area contributed by atoms with E-state index in [1.54, 1.807) is 0 Å². The molecule has 1 saturated heterocycles. The number of piperazine rings is 1. The Balaban J connectivity index is 0.00000112. The lowest BCUT2D eigenvalue weighted by Crippen LogP contribution is -2.44. The average Bonchev–Trinajstić information content (AvgIpc) is 3.15. The molecule has 2 aliphatic heterocycles. The fourth-order valence-corrected chi connectivity index (χ4v) is 4.17. The highest BCUT2D eigenvalue weighted by atomic mass is 35.5. The average molecular weight is 438 g/mol. The molecule has 0 aliphatic carbocycles. The monoisotopic (exact) mass is 436 g/mol. The summed E-state index contributed by atoms with van der Waals surface area (Å²) in [5.74, 6) is 0.900. The first-order valence-corrected chi connectivity index (χ1v) is 9.54. The molecule has 28 heavy (non-hydrogen) atoms. The lowest BCUT2D eigenvalue weighted by atomic mass is 9.99. The van der Waals surface area contributed by atoms with E-state index in [0.717, 1.165) is 61.0 Å². The van der Waals surface area contributed by atoms with Crippen LogP contribution < -0.4 is 15.5 Å². The molecule has 1 aromatic heterocycles. The quantitative estimate of drug-likeness (QED) is 0.623. The summed E-state index contributed by atoms with van der Waals surface area (Å²) in [7, 11) is 0.